The topological polar surface area (TPSA) is 21.7 Å². The second kappa shape index (κ2) is 5.11. The third-order valence-corrected chi connectivity index (χ3v) is 3.86. The fourth-order valence-corrected chi connectivity index (χ4v) is 2.73. The quantitative estimate of drug-likeness (QED) is 0.517. The predicted octanol–water partition coefficient (Wildman–Crippen LogP) is 3.52. The molecular formula is C19H16N3+. The van der Waals surface area contributed by atoms with Crippen LogP contribution in [0.1, 0.15) is 0 Å². The van der Waals surface area contributed by atoms with E-state index in [1.807, 2.05) is 43.4 Å². The van der Waals surface area contributed by atoms with Crippen LogP contribution in [0.4, 0.5) is 0 Å². The van der Waals surface area contributed by atoms with Gasteiger partial charge in [0.25, 0.3) is 12.0 Å². The van der Waals surface area contributed by atoms with Gasteiger partial charge in [0.15, 0.2) is 5.52 Å². The molecule has 2 aromatic carbocycles. The van der Waals surface area contributed by atoms with E-state index in [-0.39, 0.29) is 0 Å². The molecule has 0 atom stereocenters. The van der Waals surface area contributed by atoms with Crippen molar-refractivity contribution in [2.45, 2.75) is 0 Å². The van der Waals surface area contributed by atoms with Crippen LogP contribution < -0.4 is 4.57 Å². The average molecular weight is 286 g/mol. The molecule has 0 saturated carbocycles. The monoisotopic (exact) mass is 286 g/mol. The lowest BCUT2D eigenvalue weighted by molar-refractivity contribution is -0.645. The summed E-state index contributed by atoms with van der Waals surface area (Å²) in [5.41, 5.74) is 5.32. The summed E-state index contributed by atoms with van der Waals surface area (Å²) in [6, 6.07) is 24.8. The van der Waals surface area contributed by atoms with Gasteiger partial charge in [-0.3, -0.25) is 0 Å². The molecular weight excluding hydrogens is 270 g/mol. The normalized spacial score (nSPS) is 11.0. The highest BCUT2D eigenvalue weighted by Crippen LogP contribution is 2.21. The molecule has 2 aromatic heterocycles. The first-order chi connectivity index (χ1) is 10.8. The molecule has 22 heavy (non-hydrogen) atoms. The van der Waals surface area contributed by atoms with Crippen molar-refractivity contribution >= 4 is 11.2 Å². The molecule has 2 heterocycles. The van der Waals surface area contributed by atoms with Crippen LogP contribution in [-0.4, -0.2) is 9.55 Å². The molecule has 0 aliphatic rings. The molecule has 4 rings (SSSR count). The van der Waals surface area contributed by atoms with Gasteiger partial charge >= 0.3 is 0 Å². The summed E-state index contributed by atoms with van der Waals surface area (Å²) in [6.45, 7) is 0. The number of hydrogen-bond acceptors (Lipinski definition) is 1. The molecule has 0 amide bonds. The minimum Gasteiger partial charge on any atom is -0.231 e. The Morgan fingerprint density at radius 3 is 2.23 bits per heavy atom. The number of aromatic nitrogens is 3. The number of imidazole rings is 1. The number of benzene rings is 2. The van der Waals surface area contributed by atoms with Crippen molar-refractivity contribution in [1.29, 1.82) is 0 Å². The molecule has 0 unspecified atom stereocenters. The molecule has 3 nitrogen and oxygen atoms in total. The summed E-state index contributed by atoms with van der Waals surface area (Å²) in [7, 11) is 2.05. The van der Waals surface area contributed by atoms with Crippen molar-refractivity contribution in [1.82, 2.24) is 9.55 Å². The van der Waals surface area contributed by atoms with E-state index in [1.165, 1.54) is 0 Å². The summed E-state index contributed by atoms with van der Waals surface area (Å²) in [5.74, 6) is 0. The van der Waals surface area contributed by atoms with Crippen molar-refractivity contribution in [2.75, 3.05) is 0 Å². The number of nitrogens with zero attached hydrogens (tertiary/aromatic N) is 3. The summed E-state index contributed by atoms with van der Waals surface area (Å²) >= 11 is 0. The van der Waals surface area contributed by atoms with Gasteiger partial charge in [-0.2, -0.15) is 4.57 Å². The second-order valence-electron chi connectivity index (χ2n) is 5.34. The van der Waals surface area contributed by atoms with Crippen molar-refractivity contribution in [3.63, 3.8) is 0 Å². The molecule has 0 spiro atoms. The Morgan fingerprint density at radius 1 is 0.818 bits per heavy atom. The van der Waals surface area contributed by atoms with Gasteiger partial charge in [0.2, 0.25) is 0 Å². The van der Waals surface area contributed by atoms with E-state index in [9.17, 15) is 0 Å². The van der Waals surface area contributed by atoms with Crippen LogP contribution in [0.2, 0.25) is 0 Å². The first-order valence-electron chi connectivity index (χ1n) is 7.31. The Morgan fingerprint density at radius 2 is 1.50 bits per heavy atom. The smallest absolute Gasteiger partial charge is 0.231 e. The molecule has 0 radical (unpaired) electrons. The molecule has 0 bridgehead atoms. The van der Waals surface area contributed by atoms with Crippen molar-refractivity contribution in [3.05, 3.63) is 79.1 Å². The second-order valence-corrected chi connectivity index (χ2v) is 5.34. The third-order valence-electron chi connectivity index (χ3n) is 3.86. The van der Waals surface area contributed by atoms with Gasteiger partial charge in [-0.15, -0.1) is 0 Å². The van der Waals surface area contributed by atoms with E-state index >= 15 is 0 Å². The Balaban J connectivity index is 1.96. The lowest BCUT2D eigenvalue weighted by Gasteiger charge is -2.00. The maximum absolute atomic E-state index is 4.88. The zero-order chi connectivity index (χ0) is 14.9. The van der Waals surface area contributed by atoms with Gasteiger partial charge in [0, 0.05) is 5.56 Å². The van der Waals surface area contributed by atoms with Gasteiger partial charge in [0.1, 0.15) is 5.69 Å². The van der Waals surface area contributed by atoms with Crippen LogP contribution >= 0.6 is 0 Å². The Labute approximate surface area is 129 Å². The summed E-state index contributed by atoms with van der Waals surface area (Å²) in [6.07, 6.45) is 2.07. The molecule has 4 aromatic rings. The lowest BCUT2D eigenvalue weighted by atomic mass is 10.1. The van der Waals surface area contributed by atoms with Crippen LogP contribution in [0.15, 0.2) is 79.1 Å². The van der Waals surface area contributed by atoms with Crippen molar-refractivity contribution in [2.24, 2.45) is 7.05 Å². The van der Waals surface area contributed by atoms with E-state index in [0.717, 1.165) is 28.1 Å². The summed E-state index contributed by atoms with van der Waals surface area (Å²) in [5, 5.41) is 0. The number of pyridine rings is 1. The number of fused-ring (bicyclic) bond motifs is 1. The highest BCUT2D eigenvalue weighted by molar-refractivity contribution is 5.74. The highest BCUT2D eigenvalue weighted by atomic mass is 15.2. The lowest BCUT2D eigenvalue weighted by Crippen LogP contribution is -2.25. The van der Waals surface area contributed by atoms with Gasteiger partial charge in [-0.25, -0.2) is 9.55 Å². The van der Waals surface area contributed by atoms with Crippen LogP contribution in [0, 0.1) is 0 Å². The van der Waals surface area contributed by atoms with Crippen molar-refractivity contribution < 1.29 is 4.57 Å². The molecule has 106 valence electrons. The van der Waals surface area contributed by atoms with E-state index in [2.05, 4.69) is 51.9 Å². The zero-order valence-electron chi connectivity index (χ0n) is 12.3. The van der Waals surface area contributed by atoms with Crippen LogP contribution in [0.3, 0.4) is 0 Å². The Kier molecular flexibility index (Phi) is 2.97. The standard InChI is InChI=1S/C19H16N3/c1-21-14-22(16-10-6-3-7-11-16)19-18(21)13-12-17(20-19)15-8-4-2-5-9-15/h2-14H,1H3/q+1. The number of aryl methyl sites for hydroxylation is 1. The first kappa shape index (κ1) is 12.8. The molecule has 0 saturated heterocycles. The first-order valence-corrected chi connectivity index (χ1v) is 7.31. The van der Waals surface area contributed by atoms with Gasteiger partial charge < -0.3 is 0 Å². The maximum atomic E-state index is 4.88. The largest absolute Gasteiger partial charge is 0.274 e. The zero-order valence-corrected chi connectivity index (χ0v) is 12.3. The minimum absolute atomic E-state index is 0.968. The SMILES string of the molecule is C[n+]1cn(-c2ccccc2)c2nc(-c3ccccc3)ccc21. The Hall–Kier alpha value is -2.94. The minimum atomic E-state index is 0.968. The number of rotatable bonds is 2. The molecule has 0 aliphatic heterocycles. The number of para-hydroxylation sites is 1. The van der Waals surface area contributed by atoms with Gasteiger partial charge in [-0.1, -0.05) is 48.5 Å². The summed E-state index contributed by atoms with van der Waals surface area (Å²) in [4.78, 5) is 4.88. The molecule has 0 fully saturated rings. The van der Waals surface area contributed by atoms with E-state index in [1.54, 1.807) is 0 Å². The fraction of sp³-hybridized carbons (Fsp3) is 0.0526. The fourth-order valence-electron chi connectivity index (χ4n) is 2.73. The van der Waals surface area contributed by atoms with Gasteiger partial charge in [0.05, 0.1) is 12.7 Å². The number of hydrogen-bond donors (Lipinski definition) is 0. The van der Waals surface area contributed by atoms with E-state index in [0.29, 0.717) is 0 Å². The average Bonchev–Trinajstić information content (AvgIpc) is 2.93. The third kappa shape index (κ3) is 2.07. The summed E-state index contributed by atoms with van der Waals surface area (Å²) < 4.78 is 4.23. The molecule has 0 aliphatic carbocycles. The Bertz CT molecular complexity index is 925. The van der Waals surface area contributed by atoms with Crippen LogP contribution in [0.5, 0.6) is 0 Å². The van der Waals surface area contributed by atoms with Crippen molar-refractivity contribution in [3.8, 4) is 16.9 Å². The van der Waals surface area contributed by atoms with E-state index < -0.39 is 0 Å². The van der Waals surface area contributed by atoms with E-state index in [4.69, 9.17) is 4.98 Å². The predicted molar refractivity (Wildman–Crippen MR) is 87.7 cm³/mol. The van der Waals surface area contributed by atoms with Gasteiger partial charge in [-0.05, 0) is 24.3 Å². The molecule has 0 N–H and O–H groups in total. The maximum Gasteiger partial charge on any atom is 0.274 e. The highest BCUT2D eigenvalue weighted by Gasteiger charge is 2.17. The molecule has 3 heteroatoms. The van der Waals surface area contributed by atoms with Crippen LogP contribution in [-0.2, 0) is 7.05 Å². The van der Waals surface area contributed by atoms with Crippen LogP contribution in [0.25, 0.3) is 28.1 Å².